The minimum Gasteiger partial charge on any atom is -0.465 e. The average molecular weight is 509 g/mol. The maximum atomic E-state index is 12.7. The molecule has 0 unspecified atom stereocenters. The summed E-state index contributed by atoms with van der Waals surface area (Å²) in [7, 11) is 2.50. The molecule has 3 rings (SSSR count). The molecule has 33 heavy (non-hydrogen) atoms. The first-order valence-electron chi connectivity index (χ1n) is 9.94. The molecule has 0 fully saturated rings. The minimum absolute atomic E-state index is 0.0465. The van der Waals surface area contributed by atoms with Crippen molar-refractivity contribution >= 4 is 57.3 Å². The molecule has 3 aromatic heterocycles. The summed E-state index contributed by atoms with van der Waals surface area (Å²) in [5.74, 6) is -0.756. The number of thiophene rings is 2. The third-order valence-corrected chi connectivity index (χ3v) is 8.22. The lowest BCUT2D eigenvalue weighted by atomic mass is 10.1. The second kappa shape index (κ2) is 10.5. The van der Waals surface area contributed by atoms with Gasteiger partial charge in [0.25, 0.3) is 0 Å². The van der Waals surface area contributed by atoms with Gasteiger partial charge in [0.2, 0.25) is 5.91 Å². The highest BCUT2D eigenvalue weighted by molar-refractivity contribution is 7.99. The molecule has 0 saturated carbocycles. The molecule has 3 heterocycles. The molecule has 0 aromatic carbocycles. The molecule has 0 radical (unpaired) electrons. The molecular formula is C21H24N4O5S3. The molecule has 9 nitrogen and oxygen atoms in total. The van der Waals surface area contributed by atoms with Gasteiger partial charge in [-0.3, -0.25) is 4.79 Å². The highest BCUT2D eigenvalue weighted by Gasteiger charge is 2.27. The summed E-state index contributed by atoms with van der Waals surface area (Å²) >= 11 is 3.89. The zero-order valence-electron chi connectivity index (χ0n) is 19.1. The van der Waals surface area contributed by atoms with E-state index in [1.165, 1.54) is 36.4 Å². The van der Waals surface area contributed by atoms with Crippen LogP contribution in [0.1, 0.15) is 43.0 Å². The van der Waals surface area contributed by atoms with Crippen LogP contribution in [0, 0.1) is 20.8 Å². The highest BCUT2D eigenvalue weighted by Crippen LogP contribution is 2.35. The highest BCUT2D eigenvalue weighted by atomic mass is 32.2. The largest absolute Gasteiger partial charge is 0.465 e. The van der Waals surface area contributed by atoms with Crippen molar-refractivity contribution in [3.63, 3.8) is 0 Å². The standard InChI is InChI=1S/C21H24N4O5S3/c1-7-25-17(13-8-31-12(4)10(13)2)23-24-21(25)32-9-14(26)22-18-15(19(27)29-5)11(3)16(33-18)20(28)30-6/h8H,7,9H2,1-6H3,(H,22,26). The third-order valence-electron chi connectivity index (χ3n) is 5.05. The number of amides is 1. The topological polar surface area (TPSA) is 112 Å². The van der Waals surface area contributed by atoms with Crippen molar-refractivity contribution in [1.29, 1.82) is 0 Å². The molecule has 176 valence electrons. The van der Waals surface area contributed by atoms with Gasteiger partial charge in [0, 0.05) is 22.4 Å². The summed E-state index contributed by atoms with van der Waals surface area (Å²) in [5, 5.41) is 14.3. The van der Waals surface area contributed by atoms with Gasteiger partial charge in [-0.25, -0.2) is 9.59 Å². The number of aromatic nitrogens is 3. The van der Waals surface area contributed by atoms with Crippen molar-refractivity contribution < 1.29 is 23.9 Å². The number of hydrogen-bond acceptors (Lipinski definition) is 10. The Hall–Kier alpha value is -2.70. The van der Waals surface area contributed by atoms with Crippen LogP contribution in [0.25, 0.3) is 11.4 Å². The van der Waals surface area contributed by atoms with Crippen molar-refractivity contribution in [2.75, 3.05) is 25.3 Å². The SMILES string of the molecule is CCn1c(SCC(=O)Nc2sc(C(=O)OC)c(C)c2C(=O)OC)nnc1-c1csc(C)c1C. The fourth-order valence-corrected chi connectivity index (χ4v) is 5.94. The van der Waals surface area contributed by atoms with Crippen molar-refractivity contribution in [1.82, 2.24) is 14.8 Å². The maximum absolute atomic E-state index is 12.7. The summed E-state index contributed by atoms with van der Waals surface area (Å²) in [6.07, 6.45) is 0. The number of carbonyl (C=O) groups excluding carboxylic acids is 3. The Bertz CT molecular complexity index is 1210. The van der Waals surface area contributed by atoms with Gasteiger partial charge < -0.3 is 19.4 Å². The van der Waals surface area contributed by atoms with Crippen molar-refractivity contribution in [2.45, 2.75) is 39.4 Å². The molecule has 0 atom stereocenters. The number of aryl methyl sites for hydroxylation is 1. The van der Waals surface area contributed by atoms with E-state index in [0.29, 0.717) is 17.3 Å². The number of ether oxygens (including phenoxy) is 2. The van der Waals surface area contributed by atoms with Crippen LogP contribution in [-0.2, 0) is 20.8 Å². The van der Waals surface area contributed by atoms with Crippen molar-refractivity contribution in [3.05, 3.63) is 31.8 Å². The van der Waals surface area contributed by atoms with Gasteiger partial charge in [-0.05, 0) is 38.8 Å². The molecule has 1 amide bonds. The number of carbonyl (C=O) groups is 3. The Kier molecular flexibility index (Phi) is 7.92. The molecule has 3 aromatic rings. The lowest BCUT2D eigenvalue weighted by Crippen LogP contribution is -2.16. The Morgan fingerprint density at radius 1 is 1.09 bits per heavy atom. The Labute approximate surface area is 203 Å². The van der Waals surface area contributed by atoms with Crippen LogP contribution in [0.4, 0.5) is 5.00 Å². The smallest absolute Gasteiger partial charge is 0.348 e. The van der Waals surface area contributed by atoms with Crippen LogP contribution >= 0.6 is 34.4 Å². The van der Waals surface area contributed by atoms with Gasteiger partial charge in [-0.1, -0.05) is 11.8 Å². The number of esters is 2. The zero-order valence-corrected chi connectivity index (χ0v) is 21.5. The van der Waals surface area contributed by atoms with Gasteiger partial charge in [-0.15, -0.1) is 32.9 Å². The first-order valence-corrected chi connectivity index (χ1v) is 12.6. The lowest BCUT2D eigenvalue weighted by molar-refractivity contribution is -0.113. The zero-order chi connectivity index (χ0) is 24.3. The summed E-state index contributed by atoms with van der Waals surface area (Å²) < 4.78 is 11.6. The van der Waals surface area contributed by atoms with Crippen LogP contribution in [0.2, 0.25) is 0 Å². The predicted octanol–water partition coefficient (Wildman–Crippen LogP) is 4.32. The molecule has 1 N–H and O–H groups in total. The van der Waals surface area contributed by atoms with Gasteiger partial charge in [-0.2, -0.15) is 0 Å². The van der Waals surface area contributed by atoms with Gasteiger partial charge in [0.05, 0.1) is 25.5 Å². The molecule has 0 aliphatic carbocycles. The first-order chi connectivity index (χ1) is 15.7. The fraction of sp³-hybridized carbons (Fsp3) is 0.381. The molecule has 0 spiro atoms. The fourth-order valence-electron chi connectivity index (χ4n) is 3.14. The molecule has 0 bridgehead atoms. The van der Waals surface area contributed by atoms with Crippen LogP contribution < -0.4 is 5.32 Å². The van der Waals surface area contributed by atoms with Crippen molar-refractivity contribution in [3.8, 4) is 11.4 Å². The number of rotatable bonds is 8. The lowest BCUT2D eigenvalue weighted by Gasteiger charge is -2.08. The number of nitrogens with zero attached hydrogens (tertiary/aromatic N) is 3. The molecule has 0 aliphatic rings. The minimum atomic E-state index is -0.640. The molecule has 0 aliphatic heterocycles. The van der Waals surface area contributed by atoms with Crippen LogP contribution in [0.3, 0.4) is 0 Å². The van der Waals surface area contributed by atoms with Crippen molar-refractivity contribution in [2.24, 2.45) is 0 Å². The number of methoxy groups -OCH3 is 2. The van der Waals surface area contributed by atoms with E-state index in [4.69, 9.17) is 9.47 Å². The van der Waals surface area contributed by atoms with E-state index < -0.39 is 11.9 Å². The maximum Gasteiger partial charge on any atom is 0.348 e. The Morgan fingerprint density at radius 2 is 1.79 bits per heavy atom. The second-order valence-corrected chi connectivity index (χ2v) is 10.0. The Balaban J connectivity index is 1.78. The Morgan fingerprint density at radius 3 is 2.36 bits per heavy atom. The van der Waals surface area contributed by atoms with Crippen LogP contribution in [0.5, 0.6) is 0 Å². The van der Waals surface area contributed by atoms with Crippen LogP contribution in [0.15, 0.2) is 10.5 Å². The number of hydrogen-bond donors (Lipinski definition) is 1. The van der Waals surface area contributed by atoms with E-state index in [9.17, 15) is 14.4 Å². The molecular weight excluding hydrogens is 484 g/mol. The van der Waals surface area contributed by atoms with E-state index >= 15 is 0 Å². The summed E-state index contributed by atoms with van der Waals surface area (Å²) in [6, 6.07) is 0. The number of thioether (sulfide) groups is 1. The summed E-state index contributed by atoms with van der Waals surface area (Å²) in [5.41, 5.74) is 2.75. The normalized spacial score (nSPS) is 10.8. The van der Waals surface area contributed by atoms with E-state index in [1.54, 1.807) is 18.3 Å². The summed E-state index contributed by atoms with van der Waals surface area (Å²) in [6.45, 7) is 8.38. The summed E-state index contributed by atoms with van der Waals surface area (Å²) in [4.78, 5) is 38.4. The van der Waals surface area contributed by atoms with E-state index in [1.807, 2.05) is 11.5 Å². The second-order valence-electron chi connectivity index (χ2n) is 6.96. The van der Waals surface area contributed by atoms with Gasteiger partial charge >= 0.3 is 11.9 Å². The average Bonchev–Trinajstić information content (AvgIpc) is 3.46. The molecule has 0 saturated heterocycles. The van der Waals surface area contributed by atoms with Gasteiger partial charge in [0.15, 0.2) is 11.0 Å². The van der Waals surface area contributed by atoms with Gasteiger partial charge in [0.1, 0.15) is 9.88 Å². The number of nitrogens with one attached hydrogen (secondary N) is 1. The van der Waals surface area contributed by atoms with E-state index in [0.717, 1.165) is 22.7 Å². The quantitative estimate of drug-likeness (QED) is 0.354. The third kappa shape index (κ3) is 4.97. The monoisotopic (exact) mass is 508 g/mol. The van der Waals surface area contributed by atoms with Crippen LogP contribution in [-0.4, -0.2) is 52.6 Å². The molecule has 12 heteroatoms. The number of anilines is 1. The first kappa shape index (κ1) is 24.9. The van der Waals surface area contributed by atoms with E-state index in [2.05, 4.69) is 34.7 Å². The van der Waals surface area contributed by atoms with E-state index in [-0.39, 0.29) is 27.1 Å². The predicted molar refractivity (Wildman–Crippen MR) is 130 cm³/mol.